The number of benzene rings is 1. The molecule has 0 aromatic heterocycles. The minimum absolute atomic E-state index is 0.00262. The third kappa shape index (κ3) is 7.99. The van der Waals surface area contributed by atoms with Crippen LogP contribution >= 0.6 is 0 Å². The molecular formula is C23H31NO3. The lowest BCUT2D eigenvalue weighted by Crippen LogP contribution is -2.38. The van der Waals surface area contributed by atoms with Crippen LogP contribution in [0.3, 0.4) is 0 Å². The van der Waals surface area contributed by atoms with E-state index in [9.17, 15) is 9.90 Å². The van der Waals surface area contributed by atoms with Crippen molar-refractivity contribution in [3.8, 4) is 11.8 Å². The molecule has 0 bridgehead atoms. The molecule has 1 amide bonds. The quantitative estimate of drug-likeness (QED) is 0.421. The molecule has 1 aromatic rings. The highest BCUT2D eigenvalue weighted by molar-refractivity contribution is 5.77. The van der Waals surface area contributed by atoms with Gasteiger partial charge in [-0.15, -0.1) is 5.92 Å². The van der Waals surface area contributed by atoms with Gasteiger partial charge in [0.05, 0.1) is 18.7 Å². The predicted molar refractivity (Wildman–Crippen MR) is 108 cm³/mol. The zero-order valence-electron chi connectivity index (χ0n) is 16.0. The third-order valence-electron chi connectivity index (χ3n) is 4.79. The number of amides is 1. The van der Waals surface area contributed by atoms with Gasteiger partial charge in [0.25, 0.3) is 0 Å². The summed E-state index contributed by atoms with van der Waals surface area (Å²) >= 11 is 0. The molecule has 0 aliphatic carbocycles. The van der Waals surface area contributed by atoms with Crippen molar-refractivity contribution in [3.63, 3.8) is 0 Å². The molecule has 0 radical (unpaired) electrons. The molecule has 0 saturated carbocycles. The van der Waals surface area contributed by atoms with Gasteiger partial charge in [0, 0.05) is 25.9 Å². The summed E-state index contributed by atoms with van der Waals surface area (Å²) in [6.07, 6.45) is 9.61. The molecule has 1 aliphatic heterocycles. The highest BCUT2D eigenvalue weighted by Crippen LogP contribution is 2.19. The van der Waals surface area contributed by atoms with Crippen LogP contribution in [0.4, 0.5) is 0 Å². The lowest BCUT2D eigenvalue weighted by atomic mass is 10.0. The van der Waals surface area contributed by atoms with Crippen LogP contribution in [-0.2, 0) is 11.2 Å². The molecule has 1 saturated heterocycles. The number of aliphatic hydroxyl groups excluding tert-OH is 2. The van der Waals surface area contributed by atoms with E-state index >= 15 is 0 Å². The first-order valence-electron chi connectivity index (χ1n) is 9.97. The Morgan fingerprint density at radius 1 is 1.19 bits per heavy atom. The summed E-state index contributed by atoms with van der Waals surface area (Å²) in [5.41, 5.74) is 1.09. The van der Waals surface area contributed by atoms with Crippen LogP contribution in [-0.4, -0.2) is 46.3 Å². The van der Waals surface area contributed by atoms with E-state index < -0.39 is 6.10 Å². The number of carbonyl (C=O) groups is 1. The topological polar surface area (TPSA) is 60.8 Å². The average Bonchev–Trinajstić information content (AvgIpc) is 2.85. The van der Waals surface area contributed by atoms with Crippen LogP contribution in [0.5, 0.6) is 0 Å². The average molecular weight is 370 g/mol. The highest BCUT2D eigenvalue weighted by Gasteiger charge is 2.23. The SMILES string of the molecule is O=C1CCCC[C@H](C=CC(O)Cc2ccccc2)N1CC#CCCCCO. The maximum absolute atomic E-state index is 12.5. The minimum atomic E-state index is -0.558. The van der Waals surface area contributed by atoms with Gasteiger partial charge in [-0.1, -0.05) is 54.8 Å². The third-order valence-corrected chi connectivity index (χ3v) is 4.79. The summed E-state index contributed by atoms with van der Waals surface area (Å²) < 4.78 is 0. The summed E-state index contributed by atoms with van der Waals surface area (Å²) in [4.78, 5) is 14.3. The number of hydrogen-bond donors (Lipinski definition) is 2. The molecule has 1 fully saturated rings. The summed E-state index contributed by atoms with van der Waals surface area (Å²) in [6.45, 7) is 0.631. The second kappa shape index (κ2) is 12.3. The number of carbonyl (C=O) groups excluding carboxylic acids is 1. The lowest BCUT2D eigenvalue weighted by Gasteiger charge is -2.26. The number of aliphatic hydroxyl groups is 2. The molecule has 0 spiro atoms. The van der Waals surface area contributed by atoms with Gasteiger partial charge in [-0.3, -0.25) is 4.79 Å². The smallest absolute Gasteiger partial charge is 0.223 e. The van der Waals surface area contributed by atoms with Gasteiger partial charge in [0.15, 0.2) is 0 Å². The van der Waals surface area contributed by atoms with Crippen molar-refractivity contribution >= 4 is 5.91 Å². The molecule has 4 nitrogen and oxygen atoms in total. The van der Waals surface area contributed by atoms with Crippen molar-refractivity contribution in [1.82, 2.24) is 4.90 Å². The summed E-state index contributed by atoms with van der Waals surface area (Å²) in [7, 11) is 0. The fraction of sp³-hybridized carbons (Fsp3) is 0.522. The standard InChI is InChI=1S/C23H31NO3/c25-18-10-3-1-2-9-17-24-21(13-7-8-14-23(24)27)15-16-22(26)19-20-11-5-4-6-12-20/h4-6,11-12,15-16,21-22,25-26H,1,3,7-8,10,13-14,17-19H2/t21-,22?/m1/s1. The van der Waals surface area contributed by atoms with Gasteiger partial charge in [0.2, 0.25) is 5.91 Å². The number of likely N-dealkylation sites (tertiary alicyclic amines) is 1. The summed E-state index contributed by atoms with van der Waals surface area (Å²) in [6, 6.07) is 9.91. The van der Waals surface area contributed by atoms with Crippen molar-refractivity contribution in [1.29, 1.82) is 0 Å². The minimum Gasteiger partial charge on any atom is -0.396 e. The molecular weight excluding hydrogens is 338 g/mol. The highest BCUT2D eigenvalue weighted by atomic mass is 16.3. The largest absolute Gasteiger partial charge is 0.396 e. The predicted octanol–water partition coefficient (Wildman–Crippen LogP) is 3.08. The second-order valence-corrected chi connectivity index (χ2v) is 7.01. The van der Waals surface area contributed by atoms with Gasteiger partial charge in [-0.25, -0.2) is 0 Å². The van der Waals surface area contributed by atoms with Crippen molar-refractivity contribution in [2.75, 3.05) is 13.2 Å². The molecule has 4 heteroatoms. The van der Waals surface area contributed by atoms with Crippen molar-refractivity contribution in [3.05, 3.63) is 48.0 Å². The van der Waals surface area contributed by atoms with Crippen LogP contribution in [0.25, 0.3) is 0 Å². The molecule has 2 N–H and O–H groups in total. The Morgan fingerprint density at radius 3 is 2.78 bits per heavy atom. The number of nitrogens with zero attached hydrogens (tertiary/aromatic N) is 1. The van der Waals surface area contributed by atoms with E-state index in [4.69, 9.17) is 5.11 Å². The van der Waals surface area contributed by atoms with Crippen molar-refractivity contribution in [2.24, 2.45) is 0 Å². The second-order valence-electron chi connectivity index (χ2n) is 7.01. The van der Waals surface area contributed by atoms with E-state index in [1.54, 1.807) is 0 Å². The van der Waals surface area contributed by atoms with Gasteiger partial charge in [-0.2, -0.15) is 0 Å². The molecule has 1 aromatic carbocycles. The Hall–Kier alpha value is -2.09. The Morgan fingerprint density at radius 2 is 2.00 bits per heavy atom. The molecule has 146 valence electrons. The Balaban J connectivity index is 1.94. The summed E-state index contributed by atoms with van der Waals surface area (Å²) in [5, 5.41) is 19.1. The molecule has 1 unspecified atom stereocenters. The number of rotatable bonds is 8. The first kappa shape index (κ1) is 21.2. The van der Waals surface area contributed by atoms with E-state index in [1.165, 1.54) is 0 Å². The van der Waals surface area contributed by atoms with E-state index in [1.807, 2.05) is 47.4 Å². The Kier molecular flexibility index (Phi) is 9.68. The van der Waals surface area contributed by atoms with Crippen LogP contribution in [0, 0.1) is 11.8 Å². The fourth-order valence-electron chi connectivity index (χ4n) is 3.25. The molecule has 1 aliphatic rings. The first-order valence-corrected chi connectivity index (χ1v) is 9.97. The lowest BCUT2D eigenvalue weighted by molar-refractivity contribution is -0.131. The maximum Gasteiger partial charge on any atom is 0.223 e. The van der Waals surface area contributed by atoms with Crippen molar-refractivity contribution < 1.29 is 15.0 Å². The molecule has 27 heavy (non-hydrogen) atoms. The molecule has 2 atom stereocenters. The van der Waals surface area contributed by atoms with Gasteiger partial charge >= 0.3 is 0 Å². The van der Waals surface area contributed by atoms with Crippen LogP contribution in [0.1, 0.15) is 50.5 Å². The van der Waals surface area contributed by atoms with E-state index in [2.05, 4.69) is 11.8 Å². The molecule has 2 rings (SSSR count). The number of unbranched alkanes of at least 4 members (excludes halogenated alkanes) is 2. The van der Waals surface area contributed by atoms with Crippen molar-refractivity contribution in [2.45, 2.75) is 63.5 Å². The first-order chi connectivity index (χ1) is 13.2. The Bertz CT molecular complexity index is 645. The number of hydrogen-bond acceptors (Lipinski definition) is 3. The van der Waals surface area contributed by atoms with Gasteiger partial charge in [0.1, 0.15) is 0 Å². The van der Waals surface area contributed by atoms with Crippen LogP contribution in [0.15, 0.2) is 42.5 Å². The van der Waals surface area contributed by atoms with E-state index in [0.717, 1.165) is 44.1 Å². The fourth-order valence-corrected chi connectivity index (χ4v) is 3.25. The monoisotopic (exact) mass is 369 g/mol. The maximum atomic E-state index is 12.5. The van der Waals surface area contributed by atoms with Crippen LogP contribution < -0.4 is 0 Å². The Labute approximate surface area is 162 Å². The zero-order chi connectivity index (χ0) is 19.3. The van der Waals surface area contributed by atoms with E-state index in [0.29, 0.717) is 19.4 Å². The van der Waals surface area contributed by atoms with E-state index in [-0.39, 0.29) is 18.6 Å². The van der Waals surface area contributed by atoms with Gasteiger partial charge in [-0.05, 0) is 31.2 Å². The molecule has 1 heterocycles. The normalized spacial score (nSPS) is 18.8. The van der Waals surface area contributed by atoms with Crippen LogP contribution in [0.2, 0.25) is 0 Å². The zero-order valence-corrected chi connectivity index (χ0v) is 16.0. The van der Waals surface area contributed by atoms with Gasteiger partial charge < -0.3 is 15.1 Å². The summed E-state index contributed by atoms with van der Waals surface area (Å²) in [5.74, 6) is 6.35.